The summed E-state index contributed by atoms with van der Waals surface area (Å²) in [4.78, 5) is 0.297. The molecule has 2 N–H and O–H groups in total. The number of rotatable bonds is 4. The molecule has 3 aromatic carbocycles. The summed E-state index contributed by atoms with van der Waals surface area (Å²) in [6.07, 6.45) is 5.44. The molecule has 0 amide bonds. The van der Waals surface area contributed by atoms with Crippen molar-refractivity contribution in [3.05, 3.63) is 101 Å². The van der Waals surface area contributed by atoms with Gasteiger partial charge in [0.1, 0.15) is 0 Å². The van der Waals surface area contributed by atoms with Crippen molar-refractivity contribution in [3.8, 4) is 0 Å². The van der Waals surface area contributed by atoms with E-state index < -0.39 is 10.0 Å². The summed E-state index contributed by atoms with van der Waals surface area (Å²) in [5.74, 6) is 0.573. The second kappa shape index (κ2) is 7.82. The Morgan fingerprint density at radius 3 is 2.41 bits per heavy atom. The van der Waals surface area contributed by atoms with Crippen LogP contribution in [0.3, 0.4) is 0 Å². The lowest BCUT2D eigenvalue weighted by Crippen LogP contribution is -2.29. The van der Waals surface area contributed by atoms with Crippen molar-refractivity contribution in [1.29, 1.82) is 0 Å². The van der Waals surface area contributed by atoms with Crippen molar-refractivity contribution >= 4 is 21.4 Å². The monoisotopic (exact) mass is 444 g/mol. The Morgan fingerprint density at radius 1 is 0.906 bits per heavy atom. The maximum atomic E-state index is 13.2. The Morgan fingerprint density at radius 2 is 1.66 bits per heavy atom. The van der Waals surface area contributed by atoms with E-state index >= 15 is 0 Å². The van der Waals surface area contributed by atoms with Gasteiger partial charge in [-0.2, -0.15) is 0 Å². The number of sulfonamides is 1. The van der Waals surface area contributed by atoms with Crippen LogP contribution in [0.1, 0.15) is 46.2 Å². The maximum absolute atomic E-state index is 13.2. The third-order valence-corrected chi connectivity index (χ3v) is 8.07. The second-order valence-corrected chi connectivity index (χ2v) is 10.7. The van der Waals surface area contributed by atoms with E-state index in [1.165, 1.54) is 11.1 Å². The summed E-state index contributed by atoms with van der Waals surface area (Å²) < 4.78 is 29.1. The molecule has 0 fully saturated rings. The molecule has 1 aliphatic heterocycles. The summed E-state index contributed by atoms with van der Waals surface area (Å²) in [7, 11) is -3.68. The summed E-state index contributed by atoms with van der Waals surface area (Å²) in [5.41, 5.74) is 7.21. The normalized spacial score (nSPS) is 21.5. The zero-order valence-electron chi connectivity index (χ0n) is 18.6. The van der Waals surface area contributed by atoms with Crippen molar-refractivity contribution < 1.29 is 8.42 Å². The number of hydrogen-bond acceptors (Lipinski definition) is 3. The number of anilines is 2. The SMILES string of the molecule is Cc1ccc([C@H]2Nc3ccc(S(=O)(=O)Nc4ccc(C)cc4C)cc3[C@H]3C=CC[C@H]32)cc1. The van der Waals surface area contributed by atoms with Gasteiger partial charge in [-0.15, -0.1) is 0 Å². The molecule has 1 aliphatic carbocycles. The molecule has 0 spiro atoms. The fraction of sp³-hybridized carbons (Fsp3) is 0.259. The Hall–Kier alpha value is -3.05. The van der Waals surface area contributed by atoms with Crippen molar-refractivity contribution in [2.45, 2.75) is 44.0 Å². The van der Waals surface area contributed by atoms with Crippen LogP contribution in [0.5, 0.6) is 0 Å². The minimum Gasteiger partial charge on any atom is -0.378 e. The Kier molecular flexibility index (Phi) is 5.09. The van der Waals surface area contributed by atoms with Crippen LogP contribution in [-0.4, -0.2) is 8.42 Å². The fourth-order valence-corrected chi connectivity index (χ4v) is 6.14. The molecule has 0 saturated heterocycles. The molecule has 0 saturated carbocycles. The van der Waals surface area contributed by atoms with E-state index in [-0.39, 0.29) is 12.0 Å². The van der Waals surface area contributed by atoms with E-state index in [4.69, 9.17) is 0 Å². The van der Waals surface area contributed by atoms with Gasteiger partial charge < -0.3 is 5.32 Å². The Bertz CT molecular complexity index is 1310. The van der Waals surface area contributed by atoms with Crippen LogP contribution in [0, 0.1) is 26.7 Å². The van der Waals surface area contributed by atoms with Crippen molar-refractivity contribution in [2.75, 3.05) is 10.0 Å². The van der Waals surface area contributed by atoms with Gasteiger partial charge in [-0.3, -0.25) is 4.72 Å². The highest BCUT2D eigenvalue weighted by atomic mass is 32.2. The summed E-state index contributed by atoms with van der Waals surface area (Å²) in [6, 6.07) is 20.1. The van der Waals surface area contributed by atoms with Gasteiger partial charge in [0.05, 0.1) is 16.6 Å². The number of benzene rings is 3. The number of hydrogen-bond donors (Lipinski definition) is 2. The van der Waals surface area contributed by atoms with Crippen LogP contribution in [0.25, 0.3) is 0 Å². The molecule has 3 atom stereocenters. The van der Waals surface area contributed by atoms with Crippen LogP contribution in [0.15, 0.2) is 77.7 Å². The first kappa shape index (κ1) is 20.8. The largest absolute Gasteiger partial charge is 0.378 e. The molecule has 2 aliphatic rings. The standard InChI is InChI=1S/C27H28N2O2S/c1-17-7-10-20(11-8-17)27-23-6-4-5-22(23)24-16-21(12-14-26(24)28-27)32(30,31)29-25-13-9-18(2)15-19(25)3/h4-5,7-16,22-23,27-29H,6H2,1-3H3/t22-,23+,27+/m0/s1. The number of fused-ring (bicyclic) bond motifs is 3. The van der Waals surface area contributed by atoms with Gasteiger partial charge in [0, 0.05) is 11.6 Å². The van der Waals surface area contributed by atoms with E-state index in [1.54, 1.807) is 6.07 Å². The predicted octanol–water partition coefficient (Wildman–Crippen LogP) is 6.24. The fourth-order valence-electron chi connectivity index (χ4n) is 4.98. The van der Waals surface area contributed by atoms with Crippen LogP contribution < -0.4 is 10.0 Å². The van der Waals surface area contributed by atoms with Gasteiger partial charge in [0.25, 0.3) is 10.0 Å². The molecular formula is C27H28N2O2S. The molecule has 0 radical (unpaired) electrons. The van der Waals surface area contributed by atoms with E-state index in [0.29, 0.717) is 16.5 Å². The van der Waals surface area contributed by atoms with E-state index in [9.17, 15) is 8.42 Å². The Balaban J connectivity index is 1.49. The zero-order valence-corrected chi connectivity index (χ0v) is 19.4. The van der Waals surface area contributed by atoms with Crippen molar-refractivity contribution in [1.82, 2.24) is 0 Å². The molecule has 0 unspecified atom stereocenters. The highest BCUT2D eigenvalue weighted by Gasteiger charge is 2.38. The van der Waals surface area contributed by atoms with Crippen molar-refractivity contribution in [3.63, 3.8) is 0 Å². The quantitative estimate of drug-likeness (QED) is 0.468. The average molecular weight is 445 g/mol. The molecule has 3 aromatic rings. The lowest BCUT2D eigenvalue weighted by atomic mass is 9.77. The van der Waals surface area contributed by atoms with Gasteiger partial charge >= 0.3 is 0 Å². The minimum atomic E-state index is -3.68. The zero-order chi connectivity index (χ0) is 22.5. The highest BCUT2D eigenvalue weighted by Crippen LogP contribution is 2.50. The van der Waals surface area contributed by atoms with Gasteiger partial charge in [-0.05, 0) is 74.1 Å². The summed E-state index contributed by atoms with van der Waals surface area (Å²) in [6.45, 7) is 6.01. The molecule has 4 nitrogen and oxygen atoms in total. The van der Waals surface area contributed by atoms with Crippen LogP contribution in [0.2, 0.25) is 0 Å². The molecule has 164 valence electrons. The average Bonchev–Trinajstić information content (AvgIpc) is 3.26. The van der Waals surface area contributed by atoms with Crippen LogP contribution in [-0.2, 0) is 10.0 Å². The topological polar surface area (TPSA) is 58.2 Å². The molecule has 0 aromatic heterocycles. The lowest BCUT2D eigenvalue weighted by Gasteiger charge is -2.37. The van der Waals surface area contributed by atoms with Crippen molar-refractivity contribution in [2.24, 2.45) is 5.92 Å². The van der Waals surface area contributed by atoms with Gasteiger partial charge in [0.2, 0.25) is 0 Å². The molecule has 1 heterocycles. The van der Waals surface area contributed by atoms with E-state index in [0.717, 1.165) is 28.8 Å². The molecule has 5 rings (SSSR count). The maximum Gasteiger partial charge on any atom is 0.261 e. The molecule has 0 bridgehead atoms. The second-order valence-electron chi connectivity index (χ2n) is 9.06. The van der Waals surface area contributed by atoms with Crippen LogP contribution in [0.4, 0.5) is 11.4 Å². The third-order valence-electron chi connectivity index (χ3n) is 6.71. The number of allylic oxidation sites excluding steroid dienone is 2. The molecular weight excluding hydrogens is 416 g/mol. The minimum absolute atomic E-state index is 0.203. The predicted molar refractivity (Wildman–Crippen MR) is 131 cm³/mol. The van der Waals surface area contributed by atoms with Gasteiger partial charge in [-0.1, -0.05) is 59.7 Å². The first-order valence-corrected chi connectivity index (χ1v) is 12.5. The molecule has 5 heteroatoms. The smallest absolute Gasteiger partial charge is 0.261 e. The first-order chi connectivity index (χ1) is 15.3. The highest BCUT2D eigenvalue weighted by molar-refractivity contribution is 7.92. The Labute approximate surface area is 190 Å². The first-order valence-electron chi connectivity index (χ1n) is 11.1. The van der Waals surface area contributed by atoms with E-state index in [1.807, 2.05) is 44.2 Å². The molecule has 32 heavy (non-hydrogen) atoms. The lowest BCUT2D eigenvalue weighted by molar-refractivity contribution is 0.425. The number of aryl methyl sites for hydroxylation is 3. The number of nitrogens with one attached hydrogen (secondary N) is 2. The van der Waals surface area contributed by atoms with Gasteiger partial charge in [-0.25, -0.2) is 8.42 Å². The third kappa shape index (κ3) is 3.71. The summed E-state index contributed by atoms with van der Waals surface area (Å²) in [5, 5.41) is 3.69. The van der Waals surface area contributed by atoms with Crippen LogP contribution >= 0.6 is 0 Å². The summed E-state index contributed by atoms with van der Waals surface area (Å²) >= 11 is 0. The van der Waals surface area contributed by atoms with E-state index in [2.05, 4.69) is 53.4 Å². The van der Waals surface area contributed by atoms with Gasteiger partial charge in [0.15, 0.2) is 0 Å².